The summed E-state index contributed by atoms with van der Waals surface area (Å²) in [5, 5.41) is 0. The molecule has 2 aliphatic heterocycles. The number of para-hydroxylation sites is 1. The van der Waals surface area contributed by atoms with Gasteiger partial charge in [-0.25, -0.2) is 4.90 Å². The predicted octanol–water partition coefficient (Wildman–Crippen LogP) is 3.88. The number of amides is 2. The Bertz CT molecular complexity index is 1070. The van der Waals surface area contributed by atoms with Gasteiger partial charge in [0.05, 0.1) is 36.7 Å². The number of hydrogen-bond donors (Lipinski definition) is 0. The summed E-state index contributed by atoms with van der Waals surface area (Å²) in [5.41, 5.74) is 1.83. The molecule has 0 bridgehead atoms. The number of methoxy groups -OCH3 is 1. The Morgan fingerprint density at radius 1 is 0.939 bits per heavy atom. The molecule has 4 rings (SSSR count). The maximum Gasteiger partial charge on any atom is 0.282 e. The smallest absolute Gasteiger partial charge is 0.282 e. The molecule has 2 aliphatic rings. The van der Waals surface area contributed by atoms with E-state index in [1.54, 1.807) is 37.4 Å². The SMILES string of the molecule is COc1ccccc1C1=C(N2CC(C)OC(C)C2)C(=O)N(c2ccc(OC(C)C)cc2)C1=O. The van der Waals surface area contributed by atoms with E-state index in [2.05, 4.69) is 0 Å². The molecule has 1 saturated heterocycles. The molecule has 2 atom stereocenters. The number of anilines is 1. The van der Waals surface area contributed by atoms with Crippen LogP contribution in [0.25, 0.3) is 5.57 Å². The predicted molar refractivity (Wildman–Crippen MR) is 126 cm³/mol. The number of ether oxygens (including phenoxy) is 3. The largest absolute Gasteiger partial charge is 0.496 e. The molecule has 2 amide bonds. The van der Waals surface area contributed by atoms with Crippen molar-refractivity contribution in [1.29, 1.82) is 0 Å². The zero-order chi connectivity index (χ0) is 23.7. The van der Waals surface area contributed by atoms with Crippen molar-refractivity contribution in [3.05, 3.63) is 59.8 Å². The molecule has 0 spiro atoms. The van der Waals surface area contributed by atoms with Crippen molar-refractivity contribution < 1.29 is 23.8 Å². The van der Waals surface area contributed by atoms with Gasteiger partial charge in [-0.3, -0.25) is 9.59 Å². The first kappa shape index (κ1) is 22.9. The lowest BCUT2D eigenvalue weighted by Crippen LogP contribution is -2.47. The summed E-state index contributed by atoms with van der Waals surface area (Å²) in [7, 11) is 1.56. The summed E-state index contributed by atoms with van der Waals surface area (Å²) < 4.78 is 17.1. The molecule has 1 fully saturated rings. The van der Waals surface area contributed by atoms with Crippen LogP contribution in [0.3, 0.4) is 0 Å². The highest BCUT2D eigenvalue weighted by Gasteiger charge is 2.44. The zero-order valence-corrected chi connectivity index (χ0v) is 19.7. The topological polar surface area (TPSA) is 68.3 Å². The van der Waals surface area contributed by atoms with Gasteiger partial charge in [0, 0.05) is 18.7 Å². The van der Waals surface area contributed by atoms with E-state index < -0.39 is 0 Å². The monoisotopic (exact) mass is 450 g/mol. The molecule has 0 aromatic heterocycles. The maximum atomic E-state index is 13.8. The Morgan fingerprint density at radius 3 is 2.18 bits per heavy atom. The highest BCUT2D eigenvalue weighted by atomic mass is 16.5. The van der Waals surface area contributed by atoms with E-state index in [0.717, 1.165) is 0 Å². The van der Waals surface area contributed by atoms with Crippen LogP contribution >= 0.6 is 0 Å². The van der Waals surface area contributed by atoms with E-state index in [1.165, 1.54) is 4.90 Å². The standard InChI is InChI=1S/C26H30N2O5/c1-16(2)32-20-12-10-19(11-13-20)28-25(29)23(21-8-6-7-9-22(21)31-5)24(26(28)30)27-14-17(3)33-18(4)15-27/h6-13,16-18H,14-15H2,1-5H3. The fraction of sp³-hybridized carbons (Fsp3) is 0.385. The van der Waals surface area contributed by atoms with Gasteiger partial charge in [0.1, 0.15) is 17.2 Å². The van der Waals surface area contributed by atoms with Gasteiger partial charge < -0.3 is 19.1 Å². The van der Waals surface area contributed by atoms with E-state index in [-0.39, 0.29) is 30.1 Å². The normalized spacial score (nSPS) is 21.3. The number of rotatable bonds is 6. The van der Waals surface area contributed by atoms with Gasteiger partial charge >= 0.3 is 0 Å². The molecule has 2 aromatic carbocycles. The van der Waals surface area contributed by atoms with Crippen LogP contribution in [0.4, 0.5) is 5.69 Å². The second-order valence-electron chi connectivity index (χ2n) is 8.69. The summed E-state index contributed by atoms with van der Waals surface area (Å²) in [6, 6.07) is 14.3. The van der Waals surface area contributed by atoms with E-state index in [4.69, 9.17) is 14.2 Å². The first-order valence-corrected chi connectivity index (χ1v) is 11.2. The first-order valence-electron chi connectivity index (χ1n) is 11.2. The second kappa shape index (κ2) is 9.27. The minimum Gasteiger partial charge on any atom is -0.496 e. The number of carbonyl (C=O) groups is 2. The molecule has 33 heavy (non-hydrogen) atoms. The fourth-order valence-electron chi connectivity index (χ4n) is 4.45. The van der Waals surface area contributed by atoms with E-state index in [1.807, 2.05) is 50.8 Å². The van der Waals surface area contributed by atoms with Crippen LogP contribution in [0, 0.1) is 0 Å². The lowest BCUT2D eigenvalue weighted by atomic mass is 10.0. The highest BCUT2D eigenvalue weighted by Crippen LogP contribution is 2.39. The molecule has 2 heterocycles. The summed E-state index contributed by atoms with van der Waals surface area (Å²) in [4.78, 5) is 30.7. The third kappa shape index (κ3) is 4.46. The molecule has 0 N–H and O–H groups in total. The fourth-order valence-corrected chi connectivity index (χ4v) is 4.45. The number of benzene rings is 2. The molecule has 0 radical (unpaired) electrons. The molecule has 7 nitrogen and oxygen atoms in total. The van der Waals surface area contributed by atoms with Gasteiger partial charge in [0.2, 0.25) is 0 Å². The third-order valence-corrected chi connectivity index (χ3v) is 5.64. The van der Waals surface area contributed by atoms with Crippen LogP contribution in [0.2, 0.25) is 0 Å². The average molecular weight is 451 g/mol. The Morgan fingerprint density at radius 2 is 1.58 bits per heavy atom. The highest BCUT2D eigenvalue weighted by molar-refractivity contribution is 6.45. The quantitative estimate of drug-likeness (QED) is 0.623. The molecular formula is C26H30N2O5. The van der Waals surface area contributed by atoms with Crippen LogP contribution < -0.4 is 14.4 Å². The van der Waals surface area contributed by atoms with Crippen molar-refractivity contribution in [2.24, 2.45) is 0 Å². The molecule has 0 aliphatic carbocycles. The van der Waals surface area contributed by atoms with Crippen molar-refractivity contribution in [3.8, 4) is 11.5 Å². The summed E-state index contributed by atoms with van der Waals surface area (Å²) in [6.07, 6.45) is -0.101. The van der Waals surface area contributed by atoms with Gasteiger partial charge in [-0.1, -0.05) is 18.2 Å². The Balaban J connectivity index is 1.79. The maximum absolute atomic E-state index is 13.8. The summed E-state index contributed by atoms with van der Waals surface area (Å²) >= 11 is 0. The number of morpholine rings is 1. The van der Waals surface area contributed by atoms with Crippen molar-refractivity contribution in [2.45, 2.75) is 46.0 Å². The molecule has 0 saturated carbocycles. The first-order chi connectivity index (χ1) is 15.8. The minimum absolute atomic E-state index is 0.0293. The van der Waals surface area contributed by atoms with Gasteiger partial charge in [-0.15, -0.1) is 0 Å². The molecule has 7 heteroatoms. The lowest BCUT2D eigenvalue weighted by molar-refractivity contribution is -0.121. The Hall–Kier alpha value is -3.32. The number of nitrogens with zero attached hydrogens (tertiary/aromatic N) is 2. The molecular weight excluding hydrogens is 420 g/mol. The average Bonchev–Trinajstić information content (AvgIpc) is 3.03. The van der Waals surface area contributed by atoms with Crippen LogP contribution in [0.5, 0.6) is 11.5 Å². The molecule has 2 unspecified atom stereocenters. The second-order valence-corrected chi connectivity index (χ2v) is 8.69. The van der Waals surface area contributed by atoms with Gasteiger partial charge in [0.15, 0.2) is 0 Å². The van der Waals surface area contributed by atoms with E-state index >= 15 is 0 Å². The van der Waals surface area contributed by atoms with Crippen LogP contribution in [-0.2, 0) is 14.3 Å². The minimum atomic E-state index is -0.371. The molecule has 174 valence electrons. The van der Waals surface area contributed by atoms with Crippen molar-refractivity contribution in [1.82, 2.24) is 4.90 Å². The van der Waals surface area contributed by atoms with Gasteiger partial charge in [-0.2, -0.15) is 0 Å². The van der Waals surface area contributed by atoms with Crippen molar-refractivity contribution >= 4 is 23.1 Å². The van der Waals surface area contributed by atoms with Gasteiger partial charge in [0.25, 0.3) is 11.8 Å². The Labute approximate surface area is 194 Å². The van der Waals surface area contributed by atoms with Crippen molar-refractivity contribution in [3.63, 3.8) is 0 Å². The van der Waals surface area contributed by atoms with E-state index in [9.17, 15) is 9.59 Å². The number of hydrogen-bond acceptors (Lipinski definition) is 6. The Kier molecular flexibility index (Phi) is 6.42. The van der Waals surface area contributed by atoms with Crippen LogP contribution in [0.15, 0.2) is 54.2 Å². The zero-order valence-electron chi connectivity index (χ0n) is 19.7. The molecule has 2 aromatic rings. The number of imide groups is 1. The van der Waals surface area contributed by atoms with Gasteiger partial charge in [-0.05, 0) is 58.0 Å². The third-order valence-electron chi connectivity index (χ3n) is 5.64. The van der Waals surface area contributed by atoms with Crippen molar-refractivity contribution in [2.75, 3.05) is 25.1 Å². The lowest BCUT2D eigenvalue weighted by Gasteiger charge is -2.37. The summed E-state index contributed by atoms with van der Waals surface area (Å²) in [6.45, 7) is 8.87. The van der Waals surface area contributed by atoms with E-state index in [0.29, 0.717) is 47.1 Å². The summed E-state index contributed by atoms with van der Waals surface area (Å²) in [5.74, 6) is 0.508. The van der Waals surface area contributed by atoms with Crippen LogP contribution in [0.1, 0.15) is 33.3 Å². The van der Waals surface area contributed by atoms with Crippen LogP contribution in [-0.4, -0.2) is 55.2 Å². The number of carbonyl (C=O) groups excluding carboxylic acids is 2.